The quantitative estimate of drug-likeness (QED) is 0.570. The average molecular weight is 348 g/mol. The van der Waals surface area contributed by atoms with Crippen LogP contribution in [0.5, 0.6) is 0 Å². The Labute approximate surface area is 149 Å². The smallest absolute Gasteiger partial charge is 0.264 e. The summed E-state index contributed by atoms with van der Waals surface area (Å²) in [6.45, 7) is 4.31. The Morgan fingerprint density at radius 2 is 1.92 bits per heavy atom. The molecule has 4 aromatic rings. The molecule has 6 heteroatoms. The third-order valence-corrected chi connectivity index (χ3v) is 4.60. The summed E-state index contributed by atoms with van der Waals surface area (Å²) < 4.78 is 16.5. The molecule has 0 saturated heterocycles. The van der Waals surface area contributed by atoms with Gasteiger partial charge in [0.05, 0.1) is 18.4 Å². The lowest BCUT2D eigenvalue weighted by molar-refractivity contribution is 0.622. The molecule has 0 saturated carbocycles. The maximum Gasteiger partial charge on any atom is 0.264 e. The van der Waals surface area contributed by atoms with Gasteiger partial charge < -0.3 is 0 Å². The van der Waals surface area contributed by atoms with Crippen molar-refractivity contribution in [1.29, 1.82) is 0 Å². The molecule has 0 radical (unpaired) electrons. The fraction of sp³-hybridized carbons (Fsp3) is 0.150. The van der Waals surface area contributed by atoms with E-state index >= 15 is 0 Å². The molecular formula is C20H17FN4O. The number of nitrogens with zero attached hydrogens (tertiary/aromatic N) is 4. The molecule has 26 heavy (non-hydrogen) atoms. The summed E-state index contributed by atoms with van der Waals surface area (Å²) >= 11 is 0. The first-order chi connectivity index (χ1) is 12.5. The summed E-state index contributed by atoms with van der Waals surface area (Å²) in [6, 6.07) is 12.1. The molecule has 4 rings (SSSR count). The standard InChI is InChI=1S/C20H17FN4O/c1-13-5-3-8-18(14(13)2)25-19-17(10-23-25)20(26)24(12-22-19)11-15-6-4-7-16(21)9-15/h3-10,12H,11H2,1-2H3. The average Bonchev–Trinajstić information content (AvgIpc) is 3.04. The number of aromatic nitrogens is 4. The topological polar surface area (TPSA) is 52.7 Å². The Morgan fingerprint density at radius 3 is 2.73 bits per heavy atom. The summed E-state index contributed by atoms with van der Waals surface area (Å²) in [7, 11) is 0. The summed E-state index contributed by atoms with van der Waals surface area (Å²) in [4.78, 5) is 17.2. The van der Waals surface area contributed by atoms with Gasteiger partial charge in [0, 0.05) is 0 Å². The molecule has 0 amide bonds. The van der Waals surface area contributed by atoms with Crippen molar-refractivity contribution in [2.24, 2.45) is 0 Å². The van der Waals surface area contributed by atoms with E-state index in [9.17, 15) is 9.18 Å². The van der Waals surface area contributed by atoms with Crippen molar-refractivity contribution in [2.45, 2.75) is 20.4 Å². The lowest BCUT2D eigenvalue weighted by Gasteiger charge is -2.10. The first kappa shape index (κ1) is 16.2. The number of halogens is 1. The van der Waals surface area contributed by atoms with E-state index in [1.54, 1.807) is 16.8 Å². The predicted molar refractivity (Wildman–Crippen MR) is 98.1 cm³/mol. The van der Waals surface area contributed by atoms with Gasteiger partial charge >= 0.3 is 0 Å². The third kappa shape index (κ3) is 2.69. The second kappa shape index (κ2) is 6.22. The van der Waals surface area contributed by atoms with E-state index in [-0.39, 0.29) is 17.9 Å². The molecule has 0 aliphatic carbocycles. The van der Waals surface area contributed by atoms with Crippen molar-refractivity contribution in [2.75, 3.05) is 0 Å². The fourth-order valence-electron chi connectivity index (χ4n) is 3.03. The van der Waals surface area contributed by atoms with Gasteiger partial charge in [0.25, 0.3) is 5.56 Å². The molecule has 0 aliphatic rings. The highest BCUT2D eigenvalue weighted by atomic mass is 19.1. The van der Waals surface area contributed by atoms with Crippen molar-refractivity contribution in [3.05, 3.63) is 87.9 Å². The SMILES string of the molecule is Cc1cccc(-n2ncc3c(=O)n(Cc4cccc(F)c4)cnc32)c1C. The zero-order valence-corrected chi connectivity index (χ0v) is 14.5. The van der Waals surface area contributed by atoms with E-state index in [2.05, 4.69) is 10.1 Å². The second-order valence-electron chi connectivity index (χ2n) is 6.32. The van der Waals surface area contributed by atoms with Crippen LogP contribution in [-0.4, -0.2) is 19.3 Å². The van der Waals surface area contributed by atoms with Gasteiger partial charge in [-0.3, -0.25) is 9.36 Å². The van der Waals surface area contributed by atoms with E-state index in [1.165, 1.54) is 29.2 Å². The number of fused-ring (bicyclic) bond motifs is 1. The molecule has 0 spiro atoms. The lowest BCUT2D eigenvalue weighted by Crippen LogP contribution is -2.21. The van der Waals surface area contributed by atoms with Crippen molar-refractivity contribution >= 4 is 11.0 Å². The van der Waals surface area contributed by atoms with Crippen molar-refractivity contribution in [1.82, 2.24) is 19.3 Å². The van der Waals surface area contributed by atoms with Gasteiger partial charge in [-0.2, -0.15) is 5.10 Å². The van der Waals surface area contributed by atoms with Gasteiger partial charge in [-0.15, -0.1) is 0 Å². The first-order valence-corrected chi connectivity index (χ1v) is 8.29. The minimum atomic E-state index is -0.327. The van der Waals surface area contributed by atoms with Crippen LogP contribution in [0, 0.1) is 19.7 Å². The van der Waals surface area contributed by atoms with Crippen molar-refractivity contribution in [3.8, 4) is 5.69 Å². The summed E-state index contributed by atoms with van der Waals surface area (Å²) in [6.07, 6.45) is 3.02. The van der Waals surface area contributed by atoms with Crippen LogP contribution in [0.2, 0.25) is 0 Å². The zero-order chi connectivity index (χ0) is 18.3. The van der Waals surface area contributed by atoms with Gasteiger partial charge in [0.2, 0.25) is 0 Å². The van der Waals surface area contributed by atoms with Crippen LogP contribution in [0.15, 0.2) is 59.8 Å². The molecule has 0 aliphatic heterocycles. The number of rotatable bonds is 3. The van der Waals surface area contributed by atoms with Crippen molar-refractivity contribution in [3.63, 3.8) is 0 Å². The van der Waals surface area contributed by atoms with Crippen LogP contribution < -0.4 is 5.56 Å². The van der Waals surface area contributed by atoms with Gasteiger partial charge in [0.15, 0.2) is 5.65 Å². The highest BCUT2D eigenvalue weighted by Crippen LogP contribution is 2.20. The molecule has 130 valence electrons. The second-order valence-corrected chi connectivity index (χ2v) is 6.32. The molecule has 0 fully saturated rings. The number of benzene rings is 2. The minimum absolute atomic E-state index is 0.198. The monoisotopic (exact) mass is 348 g/mol. The van der Waals surface area contributed by atoms with Crippen LogP contribution in [0.3, 0.4) is 0 Å². The molecular weight excluding hydrogens is 331 g/mol. The molecule has 0 unspecified atom stereocenters. The summed E-state index contributed by atoms with van der Waals surface area (Å²) in [5.74, 6) is -0.327. The molecule has 0 N–H and O–H groups in total. The largest absolute Gasteiger partial charge is 0.294 e. The third-order valence-electron chi connectivity index (χ3n) is 4.60. The fourth-order valence-corrected chi connectivity index (χ4v) is 3.03. The molecule has 5 nitrogen and oxygen atoms in total. The van der Waals surface area contributed by atoms with Crippen LogP contribution in [0.1, 0.15) is 16.7 Å². The molecule has 0 bridgehead atoms. The number of aryl methyl sites for hydroxylation is 1. The molecule has 2 aromatic carbocycles. The lowest BCUT2D eigenvalue weighted by atomic mass is 10.1. The van der Waals surface area contributed by atoms with E-state index < -0.39 is 0 Å². The number of hydrogen-bond donors (Lipinski definition) is 0. The van der Waals surface area contributed by atoms with E-state index in [0.717, 1.165) is 16.8 Å². The Bertz CT molecular complexity index is 1180. The Balaban J connectivity index is 1.81. The van der Waals surface area contributed by atoms with Crippen LogP contribution >= 0.6 is 0 Å². The summed E-state index contributed by atoms with van der Waals surface area (Å²) in [5, 5.41) is 4.81. The van der Waals surface area contributed by atoms with Crippen LogP contribution in [0.4, 0.5) is 4.39 Å². The Kier molecular flexibility index (Phi) is 3.88. The van der Waals surface area contributed by atoms with Crippen LogP contribution in [0.25, 0.3) is 16.7 Å². The Hall–Kier alpha value is -3.28. The first-order valence-electron chi connectivity index (χ1n) is 8.29. The van der Waals surface area contributed by atoms with Gasteiger partial charge in [-0.1, -0.05) is 24.3 Å². The normalized spacial score (nSPS) is 11.2. The van der Waals surface area contributed by atoms with Crippen molar-refractivity contribution < 1.29 is 4.39 Å². The number of hydrogen-bond acceptors (Lipinski definition) is 3. The van der Waals surface area contributed by atoms with Crippen LogP contribution in [-0.2, 0) is 6.54 Å². The predicted octanol–water partition coefficient (Wildman–Crippen LogP) is 3.39. The minimum Gasteiger partial charge on any atom is -0.294 e. The maximum absolute atomic E-state index is 13.4. The van der Waals surface area contributed by atoms with E-state index in [0.29, 0.717) is 16.6 Å². The molecule has 0 atom stereocenters. The summed E-state index contributed by atoms with van der Waals surface area (Å²) in [5.41, 5.74) is 4.15. The maximum atomic E-state index is 13.4. The molecule has 2 aromatic heterocycles. The van der Waals surface area contributed by atoms with Gasteiger partial charge in [-0.05, 0) is 48.7 Å². The van der Waals surface area contributed by atoms with Gasteiger partial charge in [-0.25, -0.2) is 14.1 Å². The van der Waals surface area contributed by atoms with E-state index in [1.807, 2.05) is 32.0 Å². The molecule has 2 heterocycles. The zero-order valence-electron chi connectivity index (χ0n) is 14.5. The van der Waals surface area contributed by atoms with Gasteiger partial charge in [0.1, 0.15) is 17.5 Å². The van der Waals surface area contributed by atoms with E-state index in [4.69, 9.17) is 0 Å². The Morgan fingerprint density at radius 1 is 1.12 bits per heavy atom. The highest BCUT2D eigenvalue weighted by molar-refractivity contribution is 5.75. The highest BCUT2D eigenvalue weighted by Gasteiger charge is 2.13.